The Morgan fingerprint density at radius 2 is 2.06 bits per heavy atom. The highest BCUT2D eigenvalue weighted by atomic mass is 35.5. The lowest BCUT2D eigenvalue weighted by atomic mass is 10.2. The van der Waals surface area contributed by atoms with E-state index in [9.17, 15) is 13.2 Å². The number of aryl methyl sites for hydroxylation is 1. The number of aromatic nitrogens is 3. The summed E-state index contributed by atoms with van der Waals surface area (Å²) in [5.74, 6) is 0. The van der Waals surface area contributed by atoms with Gasteiger partial charge in [-0.1, -0.05) is 24.9 Å². The maximum Gasteiger partial charge on any atom is 0.435 e. The number of fused-ring (bicyclic) bond motifs is 1. The standard InChI is InChI=1S/C10H9ClF3N3/c1-2-3-6-4-8(11)17-9(15-6)5-7(16-17)10(12,13)14/h4-5H,2-3H2,1H3. The van der Waals surface area contributed by atoms with Crippen molar-refractivity contribution in [3.8, 4) is 0 Å². The van der Waals surface area contributed by atoms with Crippen molar-refractivity contribution in [3.63, 3.8) is 0 Å². The van der Waals surface area contributed by atoms with Gasteiger partial charge in [0.2, 0.25) is 0 Å². The molecule has 2 heterocycles. The molecule has 92 valence electrons. The van der Waals surface area contributed by atoms with Crippen LogP contribution in [0.15, 0.2) is 12.1 Å². The van der Waals surface area contributed by atoms with Crippen molar-refractivity contribution in [3.05, 3.63) is 28.7 Å². The molecular formula is C10H9ClF3N3. The van der Waals surface area contributed by atoms with E-state index >= 15 is 0 Å². The van der Waals surface area contributed by atoms with Gasteiger partial charge in [0, 0.05) is 11.8 Å². The SMILES string of the molecule is CCCc1cc(Cl)n2nc(C(F)(F)F)cc2n1. The molecule has 0 unspecified atom stereocenters. The van der Waals surface area contributed by atoms with Crippen LogP contribution in [0.5, 0.6) is 0 Å². The highest BCUT2D eigenvalue weighted by Crippen LogP contribution is 2.29. The smallest absolute Gasteiger partial charge is 0.233 e. The first-order valence-corrected chi connectivity index (χ1v) is 5.42. The average molecular weight is 264 g/mol. The van der Waals surface area contributed by atoms with E-state index in [1.807, 2.05) is 6.92 Å². The second kappa shape index (κ2) is 4.18. The zero-order valence-electron chi connectivity index (χ0n) is 8.92. The number of halogens is 4. The fourth-order valence-corrected chi connectivity index (χ4v) is 1.76. The molecule has 0 aliphatic carbocycles. The monoisotopic (exact) mass is 263 g/mol. The van der Waals surface area contributed by atoms with Crippen LogP contribution >= 0.6 is 11.6 Å². The fourth-order valence-electron chi connectivity index (χ4n) is 1.51. The predicted octanol–water partition coefficient (Wildman–Crippen LogP) is 3.35. The summed E-state index contributed by atoms with van der Waals surface area (Å²) in [5, 5.41) is 3.52. The van der Waals surface area contributed by atoms with E-state index in [0.717, 1.165) is 17.0 Å². The first-order chi connectivity index (χ1) is 7.91. The normalized spacial score (nSPS) is 12.3. The van der Waals surface area contributed by atoms with Gasteiger partial charge < -0.3 is 0 Å². The first kappa shape index (κ1) is 12.2. The van der Waals surface area contributed by atoms with Crippen LogP contribution in [0, 0.1) is 0 Å². The van der Waals surface area contributed by atoms with Gasteiger partial charge in [-0.15, -0.1) is 0 Å². The molecule has 0 saturated heterocycles. The number of nitrogens with zero attached hydrogens (tertiary/aromatic N) is 3. The van der Waals surface area contributed by atoms with E-state index < -0.39 is 11.9 Å². The Hall–Kier alpha value is -1.30. The molecule has 0 spiro atoms. The van der Waals surface area contributed by atoms with Gasteiger partial charge in [0.15, 0.2) is 11.3 Å². The van der Waals surface area contributed by atoms with Gasteiger partial charge in [-0.25, -0.2) is 9.50 Å². The van der Waals surface area contributed by atoms with Gasteiger partial charge in [-0.3, -0.25) is 0 Å². The van der Waals surface area contributed by atoms with Gasteiger partial charge in [0.1, 0.15) is 5.15 Å². The summed E-state index contributed by atoms with van der Waals surface area (Å²) < 4.78 is 38.4. The molecule has 0 saturated carbocycles. The molecule has 3 nitrogen and oxygen atoms in total. The van der Waals surface area contributed by atoms with Crippen LogP contribution in [0.4, 0.5) is 13.2 Å². The Bertz CT molecular complexity index is 547. The molecule has 0 amide bonds. The minimum atomic E-state index is -4.48. The summed E-state index contributed by atoms with van der Waals surface area (Å²) >= 11 is 5.85. The second-order valence-electron chi connectivity index (χ2n) is 3.62. The molecule has 2 aromatic rings. The molecule has 2 aromatic heterocycles. The van der Waals surface area contributed by atoms with E-state index in [4.69, 9.17) is 11.6 Å². The van der Waals surface area contributed by atoms with E-state index in [2.05, 4.69) is 10.1 Å². The lowest BCUT2D eigenvalue weighted by Crippen LogP contribution is -2.06. The van der Waals surface area contributed by atoms with Crippen LogP contribution in [-0.4, -0.2) is 14.6 Å². The topological polar surface area (TPSA) is 30.2 Å². The van der Waals surface area contributed by atoms with E-state index in [-0.39, 0.29) is 10.8 Å². The summed E-state index contributed by atoms with van der Waals surface area (Å²) in [4.78, 5) is 4.08. The highest BCUT2D eigenvalue weighted by molar-refractivity contribution is 6.29. The Morgan fingerprint density at radius 3 is 2.65 bits per heavy atom. The molecule has 0 radical (unpaired) electrons. The van der Waals surface area contributed by atoms with Crippen LogP contribution < -0.4 is 0 Å². The largest absolute Gasteiger partial charge is 0.435 e. The number of hydrogen-bond acceptors (Lipinski definition) is 2. The predicted molar refractivity (Wildman–Crippen MR) is 57.0 cm³/mol. The third-order valence-corrected chi connectivity index (χ3v) is 2.50. The zero-order chi connectivity index (χ0) is 12.6. The van der Waals surface area contributed by atoms with Gasteiger partial charge in [-0.2, -0.15) is 18.3 Å². The lowest BCUT2D eigenvalue weighted by molar-refractivity contribution is -0.141. The maximum absolute atomic E-state index is 12.5. The van der Waals surface area contributed by atoms with Gasteiger partial charge in [0.05, 0.1) is 0 Å². The van der Waals surface area contributed by atoms with Gasteiger partial charge in [0.25, 0.3) is 0 Å². The lowest BCUT2D eigenvalue weighted by Gasteiger charge is -2.01. The van der Waals surface area contributed by atoms with Gasteiger partial charge >= 0.3 is 6.18 Å². The first-order valence-electron chi connectivity index (χ1n) is 5.04. The Labute approximate surface area is 100 Å². The zero-order valence-corrected chi connectivity index (χ0v) is 9.68. The molecular weight excluding hydrogens is 255 g/mol. The van der Waals surface area contributed by atoms with E-state index in [1.165, 1.54) is 6.07 Å². The number of alkyl halides is 3. The van der Waals surface area contributed by atoms with Crippen molar-refractivity contribution < 1.29 is 13.2 Å². The van der Waals surface area contributed by atoms with Crippen molar-refractivity contribution in [2.75, 3.05) is 0 Å². The molecule has 2 rings (SSSR count). The van der Waals surface area contributed by atoms with Crippen molar-refractivity contribution >= 4 is 17.2 Å². The summed E-state index contributed by atoms with van der Waals surface area (Å²) in [6, 6.07) is 2.43. The molecule has 0 fully saturated rings. The van der Waals surface area contributed by atoms with Crippen molar-refractivity contribution in [1.29, 1.82) is 0 Å². The Balaban J connectivity index is 2.57. The van der Waals surface area contributed by atoms with Crippen LogP contribution in [0.3, 0.4) is 0 Å². The molecule has 0 atom stereocenters. The molecule has 0 aliphatic rings. The van der Waals surface area contributed by atoms with E-state index in [1.54, 1.807) is 0 Å². The third kappa shape index (κ3) is 2.36. The summed E-state index contributed by atoms with van der Waals surface area (Å²) in [5.41, 5.74) is -0.201. The quantitative estimate of drug-likeness (QED) is 0.778. The highest BCUT2D eigenvalue weighted by Gasteiger charge is 2.34. The Morgan fingerprint density at radius 1 is 1.35 bits per heavy atom. The molecule has 0 N–H and O–H groups in total. The number of rotatable bonds is 2. The molecule has 0 bridgehead atoms. The third-order valence-electron chi connectivity index (χ3n) is 2.23. The molecule has 0 aliphatic heterocycles. The average Bonchev–Trinajstić information content (AvgIpc) is 2.61. The van der Waals surface area contributed by atoms with Crippen LogP contribution in [0.2, 0.25) is 5.15 Å². The summed E-state index contributed by atoms with van der Waals surface area (Å²) in [6.45, 7) is 1.96. The summed E-state index contributed by atoms with van der Waals surface area (Å²) in [6.07, 6.45) is -2.97. The van der Waals surface area contributed by atoms with E-state index in [0.29, 0.717) is 12.1 Å². The minimum absolute atomic E-state index is 0.119. The van der Waals surface area contributed by atoms with Crippen molar-refractivity contribution in [1.82, 2.24) is 14.6 Å². The minimum Gasteiger partial charge on any atom is -0.233 e. The Kier molecular flexibility index (Phi) is 2.99. The van der Waals surface area contributed by atoms with Crippen LogP contribution in [0.25, 0.3) is 5.65 Å². The van der Waals surface area contributed by atoms with Gasteiger partial charge in [-0.05, 0) is 12.5 Å². The van der Waals surface area contributed by atoms with Crippen molar-refractivity contribution in [2.24, 2.45) is 0 Å². The maximum atomic E-state index is 12.5. The molecule has 7 heteroatoms. The molecule has 0 aromatic carbocycles. The van der Waals surface area contributed by atoms with Crippen LogP contribution in [0.1, 0.15) is 24.7 Å². The van der Waals surface area contributed by atoms with Crippen molar-refractivity contribution in [2.45, 2.75) is 25.9 Å². The fraction of sp³-hybridized carbons (Fsp3) is 0.400. The van der Waals surface area contributed by atoms with Crippen LogP contribution in [-0.2, 0) is 12.6 Å². The number of hydrogen-bond donors (Lipinski definition) is 0. The molecule has 17 heavy (non-hydrogen) atoms. The summed E-state index contributed by atoms with van der Waals surface area (Å²) in [7, 11) is 0. The second-order valence-corrected chi connectivity index (χ2v) is 4.00.